The average molecular weight is 905 g/mol. The van der Waals surface area contributed by atoms with Crippen LogP contribution in [-0.2, 0) is 53.7 Å². The molecule has 1 aromatic carbocycles. The summed E-state index contributed by atoms with van der Waals surface area (Å²) in [5.74, 6) is -1.17. The Balaban J connectivity index is 0.944. The van der Waals surface area contributed by atoms with Crippen molar-refractivity contribution >= 4 is 17.6 Å². The van der Waals surface area contributed by atoms with Crippen molar-refractivity contribution in [3.63, 3.8) is 0 Å². The highest BCUT2D eigenvalue weighted by atomic mass is 17.2. The monoisotopic (exact) mass is 905 g/mol. The number of fused-ring (bicyclic) bond motifs is 12. The van der Waals surface area contributed by atoms with Crippen LogP contribution in [0.25, 0.3) is 6.08 Å². The number of aryl methyl sites for hydroxylation is 1. The minimum atomic E-state index is -1.23. The Bertz CT molecular complexity index is 2390. The van der Waals surface area contributed by atoms with Crippen LogP contribution in [0.4, 0.5) is 0 Å². The second kappa shape index (κ2) is 14.9. The summed E-state index contributed by atoms with van der Waals surface area (Å²) >= 11 is 0. The number of carbonyl (C=O) groups excluding carboxylic acids is 2. The van der Waals surface area contributed by atoms with Gasteiger partial charge in [-0.3, -0.25) is 9.59 Å². The van der Waals surface area contributed by atoms with Crippen LogP contribution in [0.1, 0.15) is 161 Å². The molecule has 2 spiro atoms. The zero-order chi connectivity index (χ0) is 46.9. The molecular weight excluding hydrogens is 829 g/mol. The van der Waals surface area contributed by atoms with Crippen molar-refractivity contribution in [1.82, 2.24) is 0 Å². The molecule has 7 fully saturated rings. The molecule has 1 aromatic rings. The maximum Gasteiger partial charge on any atom is 0.198 e. The van der Waals surface area contributed by atoms with Gasteiger partial charge in [-0.1, -0.05) is 65.8 Å². The van der Waals surface area contributed by atoms with Crippen molar-refractivity contribution in [2.24, 2.45) is 57.7 Å². The van der Waals surface area contributed by atoms with Gasteiger partial charge in [-0.15, -0.1) is 0 Å². The minimum absolute atomic E-state index is 0.0295. The quantitative estimate of drug-likeness (QED) is 0.254. The van der Waals surface area contributed by atoms with Crippen molar-refractivity contribution < 1.29 is 44.2 Å². The number of ketones is 2. The molecule has 2 saturated carbocycles. The number of allylic oxidation sites excluding steroid dienone is 5. The fraction of sp³-hybridized carbons (Fsp3) is 0.719. The number of aliphatic hydroxyl groups is 3. The Labute approximate surface area is 392 Å². The lowest BCUT2D eigenvalue weighted by molar-refractivity contribution is -0.448. The average Bonchev–Trinajstić information content (AvgIpc) is 3.32. The molecule has 13 rings (SSSR count). The maximum atomic E-state index is 14.0. The molecule has 0 radical (unpaired) electrons. The first kappa shape index (κ1) is 45.7. The normalized spacial score (nSPS) is 47.3. The molecule has 16 atom stereocenters. The Morgan fingerprint density at radius 2 is 1.61 bits per heavy atom. The summed E-state index contributed by atoms with van der Waals surface area (Å²) in [5, 5.41) is 35.9. The van der Waals surface area contributed by atoms with E-state index in [4.69, 9.17) is 19.2 Å². The van der Waals surface area contributed by atoms with Gasteiger partial charge in [-0.25, -0.2) is 9.78 Å². The molecular formula is C57H76O9. The second-order valence-electron chi connectivity index (χ2n) is 25.1. The van der Waals surface area contributed by atoms with Gasteiger partial charge in [-0.2, -0.15) is 0 Å². The lowest BCUT2D eigenvalue weighted by Crippen LogP contribution is -2.56. The van der Waals surface area contributed by atoms with Gasteiger partial charge in [-0.05, 0) is 179 Å². The Morgan fingerprint density at radius 3 is 2.38 bits per heavy atom. The molecule has 0 aromatic heterocycles. The Hall–Kier alpha value is -2.76. The van der Waals surface area contributed by atoms with Crippen LogP contribution < -0.4 is 0 Å². The molecule has 5 saturated heterocycles. The van der Waals surface area contributed by atoms with Crippen molar-refractivity contribution in [3.05, 3.63) is 74.9 Å². The molecule has 5 aliphatic heterocycles. The first-order valence-electron chi connectivity index (χ1n) is 25.9. The summed E-state index contributed by atoms with van der Waals surface area (Å²) in [6.07, 6.45) is 18.1. The Kier molecular flexibility index (Phi) is 10.3. The SMILES string of the molecule is CC1C2CCC3(OOC(C)(C)C(C)C1O)c1cc4c(c(CCC5C(O)C6(OC7CCC(C6C)C6(C)CC=C8C(=CC(=O)C9=CC(=O)CCC98C)C76)OC5(C)C)c1C=CC3(C)C2)CC(O)CC4. The molecule has 358 valence electrons. The first-order valence-corrected chi connectivity index (χ1v) is 25.9. The van der Waals surface area contributed by atoms with E-state index >= 15 is 0 Å². The van der Waals surface area contributed by atoms with Gasteiger partial charge < -0.3 is 24.8 Å². The van der Waals surface area contributed by atoms with Gasteiger partial charge in [0, 0.05) is 46.5 Å². The summed E-state index contributed by atoms with van der Waals surface area (Å²) in [6.45, 7) is 21.7. The summed E-state index contributed by atoms with van der Waals surface area (Å²) in [4.78, 5) is 40.1. The minimum Gasteiger partial charge on any atom is -0.393 e. The number of aliphatic hydroxyl groups excluding tert-OH is 3. The van der Waals surface area contributed by atoms with Crippen molar-refractivity contribution in [3.8, 4) is 0 Å². The van der Waals surface area contributed by atoms with Gasteiger partial charge in [0.15, 0.2) is 17.4 Å². The first-order chi connectivity index (χ1) is 31.0. The molecule has 66 heavy (non-hydrogen) atoms. The molecule has 5 heterocycles. The smallest absolute Gasteiger partial charge is 0.198 e. The van der Waals surface area contributed by atoms with Crippen LogP contribution in [-0.4, -0.2) is 68.3 Å². The second-order valence-corrected chi connectivity index (χ2v) is 25.1. The molecule has 9 heteroatoms. The molecule has 4 bridgehead atoms. The van der Waals surface area contributed by atoms with Gasteiger partial charge in [0.1, 0.15) is 17.3 Å². The zero-order valence-electron chi connectivity index (χ0n) is 41.3. The fourth-order valence-corrected chi connectivity index (χ4v) is 16.7. The van der Waals surface area contributed by atoms with E-state index in [1.54, 1.807) is 6.08 Å². The summed E-state index contributed by atoms with van der Waals surface area (Å²) in [7, 11) is 0. The Morgan fingerprint density at radius 1 is 0.833 bits per heavy atom. The highest BCUT2D eigenvalue weighted by molar-refractivity contribution is 6.13. The lowest BCUT2D eigenvalue weighted by Gasteiger charge is -2.57. The molecule has 7 aliphatic carbocycles. The van der Waals surface area contributed by atoms with Gasteiger partial charge >= 0.3 is 0 Å². The topological polar surface area (TPSA) is 132 Å². The third-order valence-electron chi connectivity index (χ3n) is 21.1. The highest BCUT2D eigenvalue weighted by Gasteiger charge is 2.70. The summed E-state index contributed by atoms with van der Waals surface area (Å²) < 4.78 is 14.8. The number of carbonyl (C=O) groups is 2. The van der Waals surface area contributed by atoms with E-state index < -0.39 is 46.3 Å². The highest BCUT2D eigenvalue weighted by Crippen LogP contribution is 2.68. The number of hydrogen-bond acceptors (Lipinski definition) is 9. The van der Waals surface area contributed by atoms with Crippen molar-refractivity contribution in [1.29, 1.82) is 0 Å². The number of benzene rings is 1. The lowest BCUT2D eigenvalue weighted by atomic mass is 9.48. The van der Waals surface area contributed by atoms with Crippen LogP contribution in [0.2, 0.25) is 0 Å². The van der Waals surface area contributed by atoms with Crippen LogP contribution in [0.3, 0.4) is 0 Å². The molecule has 3 N–H and O–H groups in total. The number of ether oxygens (including phenoxy) is 2. The van der Waals surface area contributed by atoms with Gasteiger partial charge in [0.25, 0.3) is 0 Å². The molecule has 12 aliphatic rings. The van der Waals surface area contributed by atoms with E-state index in [0.717, 1.165) is 56.1 Å². The largest absolute Gasteiger partial charge is 0.393 e. The molecule has 16 unspecified atom stereocenters. The van der Waals surface area contributed by atoms with Crippen molar-refractivity contribution in [2.75, 3.05) is 0 Å². The van der Waals surface area contributed by atoms with Crippen LogP contribution in [0, 0.1) is 57.7 Å². The standard InChI is InChI=1S/C57H76O9/c1-30-34-17-24-56(66-65-51(4,5)32(3)49(30)61)44-25-33-11-12-35(58)26-39(33)37(38(44)19-21-53(56,8)29-34)13-14-43-50(62)57(64-52(43,6)7)31(2)41-15-16-47(63-57)48-40-28-46(60)45-27-36(59)18-22-54(45,9)42(40)20-23-55(41,48)10/h19-21,25,27-28,30-32,34-35,41,43,47-50,58,61-62H,11-18,22-24,26,29H2,1-10H3. The maximum absolute atomic E-state index is 14.0. The predicted octanol–water partition coefficient (Wildman–Crippen LogP) is 9.56. The van der Waals surface area contributed by atoms with E-state index in [9.17, 15) is 24.9 Å². The van der Waals surface area contributed by atoms with E-state index in [-0.39, 0.29) is 64.0 Å². The fourth-order valence-electron chi connectivity index (χ4n) is 16.7. The van der Waals surface area contributed by atoms with Crippen LogP contribution in [0.15, 0.2) is 47.1 Å². The predicted molar refractivity (Wildman–Crippen MR) is 252 cm³/mol. The van der Waals surface area contributed by atoms with E-state index in [1.807, 2.05) is 19.9 Å². The zero-order valence-corrected chi connectivity index (χ0v) is 41.3. The third-order valence-corrected chi connectivity index (χ3v) is 21.1. The number of hydrogen-bond donors (Lipinski definition) is 3. The van der Waals surface area contributed by atoms with E-state index in [1.165, 1.54) is 27.8 Å². The molecule has 0 amide bonds. The van der Waals surface area contributed by atoms with E-state index in [2.05, 4.69) is 79.7 Å². The van der Waals surface area contributed by atoms with Crippen LogP contribution >= 0.6 is 0 Å². The van der Waals surface area contributed by atoms with Crippen molar-refractivity contribution in [2.45, 2.75) is 200 Å². The molecule has 9 nitrogen and oxygen atoms in total. The number of rotatable bonds is 3. The summed E-state index contributed by atoms with van der Waals surface area (Å²) in [5.41, 5.74) is 5.66. The van der Waals surface area contributed by atoms with Gasteiger partial charge in [0.05, 0.1) is 23.9 Å². The summed E-state index contributed by atoms with van der Waals surface area (Å²) in [6, 6.07) is 2.39. The third kappa shape index (κ3) is 6.14. The van der Waals surface area contributed by atoms with Gasteiger partial charge in [0.2, 0.25) is 0 Å². The van der Waals surface area contributed by atoms with E-state index in [0.29, 0.717) is 50.0 Å². The van der Waals surface area contributed by atoms with Crippen LogP contribution in [0.5, 0.6) is 0 Å².